The fourth-order valence-corrected chi connectivity index (χ4v) is 0.962. The number of aromatic nitrogens is 1. The van der Waals surface area contributed by atoms with Gasteiger partial charge in [0.2, 0.25) is 0 Å². The van der Waals surface area contributed by atoms with Crippen LogP contribution in [0, 0.1) is 0 Å². The monoisotopic (exact) mass is 205 g/mol. The number of rotatable bonds is 2. The number of hydrogen-bond donors (Lipinski definition) is 0. The van der Waals surface area contributed by atoms with Gasteiger partial charge in [0.15, 0.2) is 10.9 Å². The Morgan fingerprint density at radius 3 is 2.83 bits per heavy atom. The molecule has 3 nitrogen and oxygen atoms in total. The minimum absolute atomic E-state index is 0.208. The number of carbonyl (C=O) groups is 1. The summed E-state index contributed by atoms with van der Waals surface area (Å²) < 4.78 is 4.83. The van der Waals surface area contributed by atoms with Gasteiger partial charge in [0, 0.05) is 6.20 Å². The van der Waals surface area contributed by atoms with E-state index in [-0.39, 0.29) is 10.7 Å². The molecule has 1 heterocycles. The van der Waals surface area contributed by atoms with Gasteiger partial charge in [0.25, 0.3) is 5.24 Å². The van der Waals surface area contributed by atoms with Crippen molar-refractivity contribution in [2.45, 2.75) is 0 Å². The smallest absolute Gasteiger partial charge is 0.254 e. The van der Waals surface area contributed by atoms with Crippen LogP contribution in [-0.4, -0.2) is 17.3 Å². The molecule has 0 saturated heterocycles. The molecule has 64 valence electrons. The molecular weight excluding hydrogens is 201 g/mol. The maximum Gasteiger partial charge on any atom is 0.254 e. The molecule has 0 N–H and O–H groups in total. The third kappa shape index (κ3) is 1.87. The Morgan fingerprint density at radius 1 is 1.67 bits per heavy atom. The van der Waals surface area contributed by atoms with Crippen LogP contribution >= 0.6 is 23.2 Å². The third-order valence-electron chi connectivity index (χ3n) is 1.25. The van der Waals surface area contributed by atoms with Gasteiger partial charge in [-0.1, -0.05) is 11.6 Å². The molecule has 0 fully saturated rings. The van der Waals surface area contributed by atoms with Gasteiger partial charge < -0.3 is 4.74 Å². The van der Waals surface area contributed by atoms with E-state index in [1.165, 1.54) is 19.4 Å². The number of ether oxygens (including phenoxy) is 1. The van der Waals surface area contributed by atoms with Crippen LogP contribution in [0.2, 0.25) is 5.15 Å². The fourth-order valence-electron chi connectivity index (χ4n) is 0.679. The number of methoxy groups -OCH3 is 1. The van der Waals surface area contributed by atoms with Crippen molar-refractivity contribution in [1.82, 2.24) is 4.98 Å². The van der Waals surface area contributed by atoms with E-state index in [4.69, 9.17) is 27.9 Å². The highest BCUT2D eigenvalue weighted by atomic mass is 35.5. The molecule has 1 aromatic heterocycles. The van der Waals surface area contributed by atoms with E-state index in [0.717, 1.165) is 0 Å². The maximum atomic E-state index is 10.7. The lowest BCUT2D eigenvalue weighted by Crippen LogP contribution is -1.93. The minimum atomic E-state index is -0.586. The summed E-state index contributed by atoms with van der Waals surface area (Å²) in [4.78, 5) is 14.4. The molecule has 12 heavy (non-hydrogen) atoms. The number of halogens is 2. The highest BCUT2D eigenvalue weighted by Crippen LogP contribution is 2.22. The summed E-state index contributed by atoms with van der Waals surface area (Å²) in [5.41, 5.74) is 0.262. The second kappa shape index (κ2) is 3.74. The molecule has 0 aliphatic rings. The van der Waals surface area contributed by atoms with Crippen LogP contribution in [0.1, 0.15) is 10.4 Å². The summed E-state index contributed by atoms with van der Waals surface area (Å²) in [6.07, 6.45) is 1.29. The summed E-state index contributed by atoms with van der Waals surface area (Å²) in [5.74, 6) is 0.336. The van der Waals surface area contributed by atoms with Gasteiger partial charge in [-0.2, -0.15) is 0 Å². The van der Waals surface area contributed by atoms with Gasteiger partial charge >= 0.3 is 0 Å². The Labute approximate surface area is 79.3 Å². The standard InChI is InChI=1S/C7H5Cl2NO2/c1-12-5-2-4(7(9)11)3-10-6(5)8/h2-3H,1H3. The Kier molecular flexibility index (Phi) is 2.89. The van der Waals surface area contributed by atoms with E-state index >= 15 is 0 Å². The van der Waals surface area contributed by atoms with Gasteiger partial charge in [-0.3, -0.25) is 4.79 Å². The third-order valence-corrected chi connectivity index (χ3v) is 1.76. The lowest BCUT2D eigenvalue weighted by Gasteiger charge is -2.01. The quantitative estimate of drug-likeness (QED) is 0.549. The van der Waals surface area contributed by atoms with Crippen LogP contribution in [-0.2, 0) is 0 Å². The largest absolute Gasteiger partial charge is 0.494 e. The van der Waals surface area contributed by atoms with Crippen molar-refractivity contribution >= 4 is 28.4 Å². The lowest BCUT2D eigenvalue weighted by atomic mass is 10.3. The van der Waals surface area contributed by atoms with Gasteiger partial charge in [-0.05, 0) is 17.7 Å². The first-order chi connectivity index (χ1) is 5.65. The molecule has 0 saturated carbocycles. The van der Waals surface area contributed by atoms with Crippen LogP contribution in [0.15, 0.2) is 12.3 Å². The molecule has 0 amide bonds. The molecule has 0 bridgehead atoms. The van der Waals surface area contributed by atoms with Crippen molar-refractivity contribution in [3.05, 3.63) is 23.0 Å². The molecule has 1 rings (SSSR count). The normalized spacial score (nSPS) is 9.58. The van der Waals surface area contributed by atoms with Gasteiger partial charge in [-0.25, -0.2) is 4.98 Å². The molecule has 0 aromatic carbocycles. The van der Waals surface area contributed by atoms with E-state index in [1.807, 2.05) is 0 Å². The zero-order chi connectivity index (χ0) is 9.14. The molecule has 0 atom stereocenters. The predicted molar refractivity (Wildman–Crippen MR) is 46.0 cm³/mol. The minimum Gasteiger partial charge on any atom is -0.494 e. The molecule has 0 aliphatic carbocycles. The van der Waals surface area contributed by atoms with Crippen molar-refractivity contribution in [2.75, 3.05) is 7.11 Å². The van der Waals surface area contributed by atoms with Crippen LogP contribution in [0.5, 0.6) is 5.75 Å². The number of pyridine rings is 1. The Morgan fingerprint density at radius 2 is 2.33 bits per heavy atom. The Hall–Kier alpha value is -0.800. The Bertz CT molecular complexity index is 314. The van der Waals surface area contributed by atoms with Crippen LogP contribution in [0.3, 0.4) is 0 Å². The van der Waals surface area contributed by atoms with Crippen molar-refractivity contribution in [3.63, 3.8) is 0 Å². The zero-order valence-electron chi connectivity index (χ0n) is 6.17. The van der Waals surface area contributed by atoms with Crippen molar-refractivity contribution in [2.24, 2.45) is 0 Å². The second-order valence-corrected chi connectivity index (χ2v) is 2.69. The molecule has 0 spiro atoms. The van der Waals surface area contributed by atoms with E-state index in [1.54, 1.807) is 0 Å². The van der Waals surface area contributed by atoms with Crippen molar-refractivity contribution in [1.29, 1.82) is 0 Å². The van der Waals surface area contributed by atoms with Crippen molar-refractivity contribution < 1.29 is 9.53 Å². The van der Waals surface area contributed by atoms with Crippen LogP contribution in [0.4, 0.5) is 0 Å². The molecule has 0 unspecified atom stereocenters. The van der Waals surface area contributed by atoms with E-state index in [2.05, 4.69) is 4.98 Å². The zero-order valence-corrected chi connectivity index (χ0v) is 7.69. The van der Waals surface area contributed by atoms with Gasteiger partial charge in [0.1, 0.15) is 0 Å². The first-order valence-electron chi connectivity index (χ1n) is 3.04. The first kappa shape index (κ1) is 9.29. The molecule has 0 radical (unpaired) electrons. The number of nitrogens with zero attached hydrogens (tertiary/aromatic N) is 1. The van der Waals surface area contributed by atoms with E-state index < -0.39 is 5.24 Å². The molecular formula is C7H5Cl2NO2. The average Bonchev–Trinajstić information content (AvgIpc) is 2.05. The Balaban J connectivity index is 3.13. The van der Waals surface area contributed by atoms with Crippen LogP contribution in [0.25, 0.3) is 0 Å². The summed E-state index contributed by atoms with van der Waals surface area (Å²) in [5, 5.41) is -0.378. The van der Waals surface area contributed by atoms with Gasteiger partial charge in [-0.15, -0.1) is 0 Å². The van der Waals surface area contributed by atoms with E-state index in [0.29, 0.717) is 5.75 Å². The SMILES string of the molecule is COc1cc(C(=O)Cl)cnc1Cl. The van der Waals surface area contributed by atoms with Crippen molar-refractivity contribution in [3.8, 4) is 5.75 Å². The predicted octanol–water partition coefficient (Wildman–Crippen LogP) is 2.12. The molecule has 0 aliphatic heterocycles. The van der Waals surface area contributed by atoms with Crippen LogP contribution < -0.4 is 4.74 Å². The fraction of sp³-hybridized carbons (Fsp3) is 0.143. The highest BCUT2D eigenvalue weighted by molar-refractivity contribution is 6.67. The summed E-state index contributed by atoms with van der Waals surface area (Å²) >= 11 is 10.8. The van der Waals surface area contributed by atoms with Gasteiger partial charge in [0.05, 0.1) is 12.7 Å². The molecule has 5 heteroatoms. The summed E-state index contributed by atoms with van der Waals surface area (Å²) in [6.45, 7) is 0. The molecule has 1 aromatic rings. The topological polar surface area (TPSA) is 39.2 Å². The second-order valence-electron chi connectivity index (χ2n) is 1.99. The number of carbonyl (C=O) groups excluding carboxylic acids is 1. The van der Waals surface area contributed by atoms with E-state index in [9.17, 15) is 4.79 Å². The summed E-state index contributed by atoms with van der Waals surface area (Å²) in [6, 6.07) is 1.44. The lowest BCUT2D eigenvalue weighted by molar-refractivity contribution is 0.108. The average molecular weight is 206 g/mol. The summed E-state index contributed by atoms with van der Waals surface area (Å²) in [7, 11) is 1.44. The maximum absolute atomic E-state index is 10.7. The number of hydrogen-bond acceptors (Lipinski definition) is 3. The highest BCUT2D eigenvalue weighted by Gasteiger charge is 2.07. The first-order valence-corrected chi connectivity index (χ1v) is 3.80.